The van der Waals surface area contributed by atoms with Crippen LogP contribution in [0, 0.1) is 0 Å². The van der Waals surface area contributed by atoms with Crippen molar-refractivity contribution in [2.24, 2.45) is 0 Å². The van der Waals surface area contributed by atoms with Crippen LogP contribution in [0.2, 0.25) is 0 Å². The SMILES string of the molecule is CCOc1ccc(NC(=O)C2CCCO2)cc1S(=O)(=O)N1CCCC1. The zero-order valence-corrected chi connectivity index (χ0v) is 15.2. The van der Waals surface area contributed by atoms with Crippen molar-refractivity contribution in [2.75, 3.05) is 31.6 Å². The number of carbonyl (C=O) groups is 1. The summed E-state index contributed by atoms with van der Waals surface area (Å²) in [5.41, 5.74) is 0.432. The molecule has 1 N–H and O–H groups in total. The minimum Gasteiger partial charge on any atom is -0.492 e. The lowest BCUT2D eigenvalue weighted by Crippen LogP contribution is -2.29. The van der Waals surface area contributed by atoms with Crippen LogP contribution >= 0.6 is 0 Å². The molecule has 1 aromatic rings. The van der Waals surface area contributed by atoms with Gasteiger partial charge in [-0.15, -0.1) is 0 Å². The number of sulfonamides is 1. The molecule has 1 aromatic carbocycles. The van der Waals surface area contributed by atoms with Crippen molar-refractivity contribution in [1.82, 2.24) is 4.31 Å². The van der Waals surface area contributed by atoms with E-state index in [0.717, 1.165) is 19.3 Å². The highest BCUT2D eigenvalue weighted by molar-refractivity contribution is 7.89. The zero-order valence-electron chi connectivity index (χ0n) is 14.4. The molecule has 2 heterocycles. The maximum atomic E-state index is 12.9. The highest BCUT2D eigenvalue weighted by Gasteiger charge is 2.31. The minimum absolute atomic E-state index is 0.0985. The summed E-state index contributed by atoms with van der Waals surface area (Å²) in [6.07, 6.45) is 2.79. The number of nitrogens with one attached hydrogen (secondary N) is 1. The summed E-state index contributed by atoms with van der Waals surface area (Å²) in [6, 6.07) is 4.73. The molecule has 0 saturated carbocycles. The summed E-state index contributed by atoms with van der Waals surface area (Å²) >= 11 is 0. The number of benzene rings is 1. The molecule has 138 valence electrons. The van der Waals surface area contributed by atoms with E-state index < -0.39 is 16.1 Å². The van der Waals surface area contributed by atoms with Gasteiger partial charge in [-0.25, -0.2) is 8.42 Å². The van der Waals surface area contributed by atoms with E-state index in [-0.39, 0.29) is 10.8 Å². The van der Waals surface area contributed by atoms with Crippen LogP contribution in [0.1, 0.15) is 32.6 Å². The lowest BCUT2D eigenvalue weighted by molar-refractivity contribution is -0.124. The molecule has 0 aliphatic carbocycles. The molecule has 25 heavy (non-hydrogen) atoms. The largest absolute Gasteiger partial charge is 0.492 e. The van der Waals surface area contributed by atoms with Crippen LogP contribution in [0.25, 0.3) is 0 Å². The van der Waals surface area contributed by atoms with E-state index in [0.29, 0.717) is 44.2 Å². The van der Waals surface area contributed by atoms with Gasteiger partial charge in [0.05, 0.1) is 6.61 Å². The number of carbonyl (C=O) groups excluding carboxylic acids is 1. The molecule has 3 rings (SSSR count). The first-order valence-corrected chi connectivity index (χ1v) is 10.2. The van der Waals surface area contributed by atoms with Crippen molar-refractivity contribution in [2.45, 2.75) is 43.6 Å². The first-order valence-electron chi connectivity index (χ1n) is 8.72. The van der Waals surface area contributed by atoms with Crippen LogP contribution in [0.5, 0.6) is 5.75 Å². The summed E-state index contributed by atoms with van der Waals surface area (Å²) in [5.74, 6) is 0.0655. The third-order valence-corrected chi connectivity index (χ3v) is 6.34. The summed E-state index contributed by atoms with van der Waals surface area (Å²) in [6.45, 7) is 3.78. The van der Waals surface area contributed by atoms with Crippen LogP contribution in [-0.2, 0) is 19.6 Å². The smallest absolute Gasteiger partial charge is 0.253 e. The third-order valence-electron chi connectivity index (χ3n) is 4.42. The second-order valence-corrected chi connectivity index (χ2v) is 8.10. The number of rotatable bonds is 6. The molecule has 1 atom stereocenters. The molecule has 8 heteroatoms. The maximum absolute atomic E-state index is 12.9. The molecule has 1 amide bonds. The van der Waals surface area contributed by atoms with E-state index >= 15 is 0 Å². The predicted molar refractivity (Wildman–Crippen MR) is 93.2 cm³/mol. The zero-order chi connectivity index (χ0) is 17.9. The van der Waals surface area contributed by atoms with Crippen LogP contribution < -0.4 is 10.1 Å². The lowest BCUT2D eigenvalue weighted by atomic mass is 10.2. The molecule has 2 aliphatic rings. The van der Waals surface area contributed by atoms with Gasteiger partial charge < -0.3 is 14.8 Å². The Bertz CT molecular complexity index is 723. The molecular weight excluding hydrogens is 344 g/mol. The number of nitrogens with zero attached hydrogens (tertiary/aromatic N) is 1. The standard InChI is InChI=1S/C17H24N2O5S/c1-2-23-14-8-7-13(18-17(20)15-6-5-11-24-15)12-16(14)25(21,22)19-9-3-4-10-19/h7-8,12,15H,2-6,9-11H2,1H3,(H,18,20). The third kappa shape index (κ3) is 3.96. The van der Waals surface area contributed by atoms with E-state index in [4.69, 9.17) is 9.47 Å². The van der Waals surface area contributed by atoms with Gasteiger partial charge in [-0.05, 0) is 50.8 Å². The van der Waals surface area contributed by atoms with Gasteiger partial charge in [0.25, 0.3) is 5.91 Å². The molecule has 0 radical (unpaired) electrons. The van der Waals surface area contributed by atoms with Gasteiger partial charge in [0.1, 0.15) is 16.7 Å². The number of anilines is 1. The van der Waals surface area contributed by atoms with Crippen molar-refractivity contribution < 1.29 is 22.7 Å². The van der Waals surface area contributed by atoms with Crippen molar-refractivity contribution in [3.8, 4) is 5.75 Å². The van der Waals surface area contributed by atoms with Gasteiger partial charge in [-0.1, -0.05) is 0 Å². The summed E-state index contributed by atoms with van der Waals surface area (Å²) < 4.78 is 38.2. The van der Waals surface area contributed by atoms with E-state index in [1.807, 2.05) is 0 Å². The molecule has 0 aromatic heterocycles. The fourth-order valence-electron chi connectivity index (χ4n) is 3.14. The van der Waals surface area contributed by atoms with Crippen LogP contribution in [-0.4, -0.2) is 51.0 Å². The Hall–Kier alpha value is -1.64. The fraction of sp³-hybridized carbons (Fsp3) is 0.588. The molecule has 2 fully saturated rings. The van der Waals surface area contributed by atoms with E-state index in [9.17, 15) is 13.2 Å². The van der Waals surface area contributed by atoms with E-state index in [2.05, 4.69) is 5.32 Å². The van der Waals surface area contributed by atoms with Crippen LogP contribution in [0.4, 0.5) is 5.69 Å². The van der Waals surface area contributed by atoms with Crippen molar-refractivity contribution in [3.05, 3.63) is 18.2 Å². The summed E-state index contributed by atoms with van der Waals surface area (Å²) in [4.78, 5) is 12.3. The first-order chi connectivity index (χ1) is 12.0. The minimum atomic E-state index is -3.64. The van der Waals surface area contributed by atoms with Crippen LogP contribution in [0.3, 0.4) is 0 Å². The average molecular weight is 368 g/mol. The number of hydrogen-bond acceptors (Lipinski definition) is 5. The molecule has 0 bridgehead atoms. The van der Waals surface area contributed by atoms with Crippen LogP contribution in [0.15, 0.2) is 23.1 Å². The number of amides is 1. The molecule has 0 spiro atoms. The summed E-state index contributed by atoms with van der Waals surface area (Å²) in [7, 11) is -3.64. The lowest BCUT2D eigenvalue weighted by Gasteiger charge is -2.19. The molecule has 2 aliphatic heterocycles. The Morgan fingerprint density at radius 2 is 2.08 bits per heavy atom. The average Bonchev–Trinajstić information content (AvgIpc) is 3.30. The van der Waals surface area contributed by atoms with Crippen molar-refractivity contribution in [1.29, 1.82) is 0 Å². The molecule has 2 saturated heterocycles. The summed E-state index contributed by atoms with van der Waals surface area (Å²) in [5, 5.41) is 2.75. The van der Waals surface area contributed by atoms with Gasteiger partial charge in [-0.3, -0.25) is 4.79 Å². The Balaban J connectivity index is 1.87. The Morgan fingerprint density at radius 1 is 1.32 bits per heavy atom. The van der Waals surface area contributed by atoms with Gasteiger partial charge in [0, 0.05) is 25.4 Å². The monoisotopic (exact) mass is 368 g/mol. The van der Waals surface area contributed by atoms with Gasteiger partial charge in [0.2, 0.25) is 10.0 Å². The maximum Gasteiger partial charge on any atom is 0.253 e. The normalized spacial score (nSPS) is 21.4. The Morgan fingerprint density at radius 3 is 2.72 bits per heavy atom. The second kappa shape index (κ2) is 7.72. The quantitative estimate of drug-likeness (QED) is 0.830. The number of hydrogen-bond donors (Lipinski definition) is 1. The highest BCUT2D eigenvalue weighted by atomic mass is 32.2. The van der Waals surface area contributed by atoms with Gasteiger partial charge in [-0.2, -0.15) is 4.31 Å². The Labute approximate surface area is 148 Å². The first kappa shape index (κ1) is 18.2. The second-order valence-electron chi connectivity index (χ2n) is 6.20. The van der Waals surface area contributed by atoms with Gasteiger partial charge >= 0.3 is 0 Å². The topological polar surface area (TPSA) is 84.9 Å². The highest BCUT2D eigenvalue weighted by Crippen LogP contribution is 2.32. The van der Waals surface area contributed by atoms with Crippen molar-refractivity contribution >= 4 is 21.6 Å². The fourth-order valence-corrected chi connectivity index (χ4v) is 4.81. The molecule has 1 unspecified atom stereocenters. The van der Waals surface area contributed by atoms with E-state index in [1.54, 1.807) is 19.1 Å². The van der Waals surface area contributed by atoms with Gasteiger partial charge in [0.15, 0.2) is 0 Å². The van der Waals surface area contributed by atoms with Crippen molar-refractivity contribution in [3.63, 3.8) is 0 Å². The molecular formula is C17H24N2O5S. The predicted octanol–water partition coefficient (Wildman–Crippen LogP) is 1.99. The Kier molecular flexibility index (Phi) is 5.61. The number of ether oxygens (including phenoxy) is 2. The van der Waals surface area contributed by atoms with E-state index in [1.165, 1.54) is 10.4 Å². The molecule has 7 nitrogen and oxygen atoms in total.